The molecule has 1 fully saturated rings. The molecule has 2 rings (SSSR count). The van der Waals surface area contributed by atoms with E-state index in [0.717, 1.165) is 44.7 Å². The molecule has 1 saturated heterocycles. The number of nitrogens with zero attached hydrogens (tertiary/aromatic N) is 1. The predicted molar refractivity (Wildman–Crippen MR) is 101 cm³/mol. The van der Waals surface area contributed by atoms with Crippen LogP contribution in [0.1, 0.15) is 32.8 Å². The third-order valence-corrected chi connectivity index (χ3v) is 5.25. The third kappa shape index (κ3) is 5.73. The molecular formula is C20H32N3O3+. The van der Waals surface area contributed by atoms with Crippen molar-refractivity contribution in [3.8, 4) is 0 Å². The molecule has 1 aliphatic rings. The molecule has 0 saturated carbocycles. The fourth-order valence-electron chi connectivity index (χ4n) is 3.17. The van der Waals surface area contributed by atoms with Gasteiger partial charge in [-0.1, -0.05) is 50.6 Å². The summed E-state index contributed by atoms with van der Waals surface area (Å²) in [5.74, 6) is 0.0643. The third-order valence-electron chi connectivity index (χ3n) is 5.25. The van der Waals surface area contributed by atoms with E-state index in [-0.39, 0.29) is 18.4 Å². The van der Waals surface area contributed by atoms with E-state index in [1.807, 2.05) is 49.1 Å². The molecule has 0 spiro atoms. The number of hydrogen-bond acceptors (Lipinski definition) is 3. The molecule has 6 heteroatoms. The van der Waals surface area contributed by atoms with E-state index in [2.05, 4.69) is 12.2 Å². The lowest BCUT2D eigenvalue weighted by molar-refractivity contribution is -0.902. The van der Waals surface area contributed by atoms with Crippen LogP contribution in [0.3, 0.4) is 0 Å². The van der Waals surface area contributed by atoms with Crippen molar-refractivity contribution in [3.05, 3.63) is 35.9 Å². The van der Waals surface area contributed by atoms with Gasteiger partial charge < -0.3 is 19.9 Å². The minimum absolute atomic E-state index is 0.00571. The standard InChI is InChI=1S/C20H31N3O3/c1-4-16(3)18(19(24)23-13-11-22(5-2)12-14-23)21-20(25)26-15-17-9-7-6-8-10-17/h6-10,16,18H,4-5,11-15H2,1-3H3,(H,21,25)/p+1/t16-,18-/m1/s1. The fraction of sp³-hybridized carbons (Fsp3) is 0.600. The van der Waals surface area contributed by atoms with Gasteiger partial charge in [-0.15, -0.1) is 0 Å². The largest absolute Gasteiger partial charge is 0.445 e. The van der Waals surface area contributed by atoms with E-state index in [9.17, 15) is 9.59 Å². The van der Waals surface area contributed by atoms with Gasteiger partial charge in [-0.25, -0.2) is 4.79 Å². The van der Waals surface area contributed by atoms with E-state index in [4.69, 9.17) is 4.74 Å². The second kappa shape index (κ2) is 10.2. The monoisotopic (exact) mass is 362 g/mol. The van der Waals surface area contributed by atoms with Gasteiger partial charge >= 0.3 is 6.09 Å². The molecular weight excluding hydrogens is 330 g/mol. The fourth-order valence-corrected chi connectivity index (χ4v) is 3.17. The number of alkyl carbamates (subject to hydrolysis) is 1. The molecule has 144 valence electrons. The molecule has 0 unspecified atom stereocenters. The van der Waals surface area contributed by atoms with E-state index in [1.54, 1.807) is 0 Å². The summed E-state index contributed by atoms with van der Waals surface area (Å²) >= 11 is 0. The average Bonchev–Trinajstić information content (AvgIpc) is 2.70. The van der Waals surface area contributed by atoms with E-state index in [0.29, 0.717) is 0 Å². The Morgan fingerprint density at radius 2 is 1.85 bits per heavy atom. The quantitative estimate of drug-likeness (QED) is 0.763. The van der Waals surface area contributed by atoms with Gasteiger partial charge in [0.2, 0.25) is 5.91 Å². The molecule has 0 aromatic heterocycles. The van der Waals surface area contributed by atoms with Gasteiger partial charge in [-0.3, -0.25) is 4.79 Å². The van der Waals surface area contributed by atoms with Crippen molar-refractivity contribution in [1.82, 2.24) is 10.2 Å². The van der Waals surface area contributed by atoms with Crippen molar-refractivity contribution < 1.29 is 19.2 Å². The van der Waals surface area contributed by atoms with Gasteiger partial charge in [0.25, 0.3) is 0 Å². The first-order chi connectivity index (χ1) is 12.5. The molecule has 26 heavy (non-hydrogen) atoms. The van der Waals surface area contributed by atoms with E-state index >= 15 is 0 Å². The molecule has 1 aromatic carbocycles. The zero-order chi connectivity index (χ0) is 18.9. The second-order valence-corrected chi connectivity index (χ2v) is 7.00. The Bertz CT molecular complexity index is 571. The lowest BCUT2D eigenvalue weighted by Gasteiger charge is -2.35. The number of carbonyl (C=O) groups is 2. The maximum atomic E-state index is 12.9. The minimum Gasteiger partial charge on any atom is -0.445 e. The SMILES string of the molecule is CC[C@@H](C)[C@@H](NC(=O)OCc1ccccc1)C(=O)N1CC[NH+](CC)CC1. The molecule has 0 radical (unpaired) electrons. The summed E-state index contributed by atoms with van der Waals surface area (Å²) in [6, 6.07) is 8.99. The zero-order valence-electron chi connectivity index (χ0n) is 16.2. The van der Waals surface area contributed by atoms with Crippen LogP contribution in [0.5, 0.6) is 0 Å². The van der Waals surface area contributed by atoms with Crippen LogP contribution in [0.2, 0.25) is 0 Å². The zero-order valence-corrected chi connectivity index (χ0v) is 16.2. The Morgan fingerprint density at radius 1 is 1.19 bits per heavy atom. The highest BCUT2D eigenvalue weighted by molar-refractivity contribution is 5.86. The first-order valence-corrected chi connectivity index (χ1v) is 9.64. The molecule has 0 aliphatic carbocycles. The number of piperazine rings is 1. The molecule has 2 amide bonds. The average molecular weight is 362 g/mol. The summed E-state index contributed by atoms with van der Waals surface area (Å²) < 4.78 is 5.30. The highest BCUT2D eigenvalue weighted by Gasteiger charge is 2.32. The lowest BCUT2D eigenvalue weighted by Crippen LogP contribution is -3.14. The van der Waals surface area contributed by atoms with Crippen molar-refractivity contribution in [3.63, 3.8) is 0 Å². The normalized spacial score (nSPS) is 17.4. The maximum Gasteiger partial charge on any atom is 0.408 e. The summed E-state index contributed by atoms with van der Waals surface area (Å²) in [5, 5.41) is 2.80. The molecule has 1 heterocycles. The molecule has 6 nitrogen and oxygen atoms in total. The number of carbonyl (C=O) groups excluding carboxylic acids is 2. The second-order valence-electron chi connectivity index (χ2n) is 7.00. The Balaban J connectivity index is 1.91. The Labute approximate surface area is 156 Å². The Morgan fingerprint density at radius 3 is 2.42 bits per heavy atom. The van der Waals surface area contributed by atoms with Crippen LogP contribution in [0.25, 0.3) is 0 Å². The summed E-state index contributed by atoms with van der Waals surface area (Å²) in [5.41, 5.74) is 0.924. The number of quaternary nitrogens is 1. The number of likely N-dealkylation sites (N-methyl/N-ethyl adjacent to an activating group) is 1. The van der Waals surface area contributed by atoms with Gasteiger partial charge in [0.15, 0.2) is 0 Å². The van der Waals surface area contributed by atoms with Gasteiger partial charge in [0.05, 0.1) is 32.7 Å². The maximum absolute atomic E-state index is 12.9. The van der Waals surface area contributed by atoms with Gasteiger partial charge in [-0.2, -0.15) is 0 Å². The highest BCUT2D eigenvalue weighted by atomic mass is 16.5. The van der Waals surface area contributed by atoms with Crippen molar-refractivity contribution in [2.45, 2.75) is 39.8 Å². The van der Waals surface area contributed by atoms with Crippen LogP contribution >= 0.6 is 0 Å². The summed E-state index contributed by atoms with van der Waals surface area (Å²) in [6.07, 6.45) is 0.278. The van der Waals surface area contributed by atoms with Gasteiger partial charge in [0, 0.05) is 0 Å². The number of benzene rings is 1. The van der Waals surface area contributed by atoms with E-state index < -0.39 is 12.1 Å². The van der Waals surface area contributed by atoms with Crippen LogP contribution < -0.4 is 10.2 Å². The number of rotatable bonds is 7. The molecule has 0 bridgehead atoms. The highest BCUT2D eigenvalue weighted by Crippen LogP contribution is 2.12. The van der Waals surface area contributed by atoms with Gasteiger partial charge in [-0.05, 0) is 18.4 Å². The van der Waals surface area contributed by atoms with E-state index in [1.165, 1.54) is 4.90 Å². The number of nitrogens with one attached hydrogen (secondary N) is 2. The molecule has 2 N–H and O–H groups in total. The van der Waals surface area contributed by atoms with Crippen LogP contribution in [0, 0.1) is 5.92 Å². The summed E-state index contributed by atoms with van der Waals surface area (Å²) in [7, 11) is 0. The lowest BCUT2D eigenvalue weighted by atomic mass is 9.97. The van der Waals surface area contributed by atoms with Crippen LogP contribution in [0.15, 0.2) is 30.3 Å². The molecule has 1 aliphatic heterocycles. The van der Waals surface area contributed by atoms with Crippen LogP contribution in [0.4, 0.5) is 4.79 Å². The minimum atomic E-state index is -0.537. The first-order valence-electron chi connectivity index (χ1n) is 9.64. The van der Waals surface area contributed by atoms with Crippen LogP contribution in [-0.4, -0.2) is 55.7 Å². The smallest absolute Gasteiger partial charge is 0.408 e. The topological polar surface area (TPSA) is 63.1 Å². The Hall–Kier alpha value is -2.08. The first kappa shape index (κ1) is 20.2. The summed E-state index contributed by atoms with van der Waals surface area (Å²) in [4.78, 5) is 28.6. The van der Waals surface area contributed by atoms with Crippen molar-refractivity contribution >= 4 is 12.0 Å². The number of amides is 2. The predicted octanol–water partition coefficient (Wildman–Crippen LogP) is 1.07. The van der Waals surface area contributed by atoms with Gasteiger partial charge in [0.1, 0.15) is 12.6 Å². The van der Waals surface area contributed by atoms with Crippen molar-refractivity contribution in [2.75, 3.05) is 32.7 Å². The van der Waals surface area contributed by atoms with Crippen molar-refractivity contribution in [1.29, 1.82) is 0 Å². The summed E-state index contributed by atoms with van der Waals surface area (Å²) in [6.45, 7) is 10.9. The molecule has 1 aromatic rings. The Kier molecular flexibility index (Phi) is 7.91. The van der Waals surface area contributed by atoms with Crippen LogP contribution in [-0.2, 0) is 16.1 Å². The van der Waals surface area contributed by atoms with Crippen molar-refractivity contribution in [2.24, 2.45) is 5.92 Å². The molecule has 2 atom stereocenters. The number of ether oxygens (including phenoxy) is 1. The number of hydrogen-bond donors (Lipinski definition) is 2.